The third-order valence-electron chi connectivity index (χ3n) is 3.32. The molecule has 2 rings (SSSR count). The second-order valence-corrected chi connectivity index (χ2v) is 5.27. The molecule has 0 aromatic carbocycles. The van der Waals surface area contributed by atoms with Crippen LogP contribution in [0.15, 0.2) is 12.1 Å². The number of ether oxygens (including phenoxy) is 1. The van der Waals surface area contributed by atoms with Crippen molar-refractivity contribution >= 4 is 11.5 Å². The molecule has 1 heterocycles. The maximum absolute atomic E-state index is 5.83. The van der Waals surface area contributed by atoms with Crippen LogP contribution in [0.3, 0.4) is 0 Å². The van der Waals surface area contributed by atoms with Gasteiger partial charge in [-0.15, -0.1) is 0 Å². The van der Waals surface area contributed by atoms with E-state index in [9.17, 15) is 0 Å². The molecule has 0 bridgehead atoms. The summed E-state index contributed by atoms with van der Waals surface area (Å²) in [6.45, 7) is 4.92. The molecule has 0 spiro atoms. The number of hydrogen-bond donors (Lipinski definition) is 2. The fourth-order valence-corrected chi connectivity index (χ4v) is 2.05. The molecule has 0 aliphatic heterocycles. The van der Waals surface area contributed by atoms with Gasteiger partial charge in [0.25, 0.3) is 0 Å². The molecular formula is C14H23N3O. The van der Waals surface area contributed by atoms with Crippen LogP contribution in [0.4, 0.5) is 11.5 Å². The van der Waals surface area contributed by atoms with Crippen LogP contribution < -0.4 is 15.8 Å². The van der Waals surface area contributed by atoms with Crippen molar-refractivity contribution < 1.29 is 4.74 Å². The molecule has 0 saturated heterocycles. The zero-order chi connectivity index (χ0) is 13.0. The van der Waals surface area contributed by atoms with Crippen molar-refractivity contribution in [3.8, 4) is 5.88 Å². The largest absolute Gasteiger partial charge is 0.473 e. The number of nitrogens with one attached hydrogen (secondary N) is 1. The minimum atomic E-state index is 0.0880. The van der Waals surface area contributed by atoms with Gasteiger partial charge < -0.3 is 15.8 Å². The van der Waals surface area contributed by atoms with Crippen molar-refractivity contribution in [1.82, 2.24) is 4.98 Å². The number of aromatic nitrogens is 1. The molecular weight excluding hydrogens is 226 g/mol. The van der Waals surface area contributed by atoms with E-state index in [0.29, 0.717) is 11.6 Å². The molecule has 0 atom stereocenters. The molecule has 0 unspecified atom stereocenters. The highest BCUT2D eigenvalue weighted by Crippen LogP contribution is 2.29. The van der Waals surface area contributed by atoms with Crippen molar-refractivity contribution in [3.63, 3.8) is 0 Å². The number of anilines is 2. The van der Waals surface area contributed by atoms with Crippen LogP contribution in [-0.2, 0) is 0 Å². The van der Waals surface area contributed by atoms with Crippen molar-refractivity contribution in [3.05, 3.63) is 12.1 Å². The Hall–Kier alpha value is -1.45. The van der Waals surface area contributed by atoms with Crippen LogP contribution in [0.25, 0.3) is 0 Å². The van der Waals surface area contributed by atoms with Crippen LogP contribution in [0.2, 0.25) is 0 Å². The zero-order valence-electron chi connectivity index (χ0n) is 11.3. The summed E-state index contributed by atoms with van der Waals surface area (Å²) in [5.74, 6) is 2.29. The summed E-state index contributed by atoms with van der Waals surface area (Å²) in [6.07, 6.45) is 5.49. The van der Waals surface area contributed by atoms with Crippen LogP contribution in [0.5, 0.6) is 5.88 Å². The van der Waals surface area contributed by atoms with Gasteiger partial charge in [-0.1, -0.05) is 19.3 Å². The number of nitrogens with two attached hydrogens (primary N) is 1. The van der Waals surface area contributed by atoms with Gasteiger partial charge in [-0.2, -0.15) is 4.98 Å². The summed E-state index contributed by atoms with van der Waals surface area (Å²) >= 11 is 0. The van der Waals surface area contributed by atoms with Crippen LogP contribution >= 0.6 is 0 Å². The highest BCUT2D eigenvalue weighted by Gasteiger charge is 2.16. The number of rotatable bonds is 6. The number of hydrogen-bond acceptors (Lipinski definition) is 4. The number of nitrogens with zero attached hydrogens (tertiary/aromatic N) is 1. The van der Waals surface area contributed by atoms with Gasteiger partial charge in [0.2, 0.25) is 5.88 Å². The smallest absolute Gasteiger partial charge is 0.239 e. The lowest BCUT2D eigenvalue weighted by Gasteiger charge is -2.25. The maximum atomic E-state index is 5.83. The molecule has 100 valence electrons. The molecule has 1 aliphatic rings. The van der Waals surface area contributed by atoms with Crippen molar-refractivity contribution in [2.75, 3.05) is 17.6 Å². The van der Waals surface area contributed by atoms with Crippen molar-refractivity contribution in [2.45, 2.75) is 45.6 Å². The second kappa shape index (κ2) is 5.94. The van der Waals surface area contributed by atoms with E-state index in [-0.39, 0.29) is 6.10 Å². The maximum Gasteiger partial charge on any atom is 0.239 e. The predicted octanol–water partition coefficient (Wildman–Crippen LogP) is 3.05. The van der Waals surface area contributed by atoms with E-state index >= 15 is 0 Å². The Morgan fingerprint density at radius 3 is 2.83 bits per heavy atom. The Morgan fingerprint density at radius 1 is 1.44 bits per heavy atom. The first-order chi connectivity index (χ1) is 8.65. The predicted molar refractivity (Wildman–Crippen MR) is 74.9 cm³/mol. The van der Waals surface area contributed by atoms with Gasteiger partial charge in [0.15, 0.2) is 0 Å². The van der Waals surface area contributed by atoms with Crippen molar-refractivity contribution in [2.24, 2.45) is 5.92 Å². The summed E-state index contributed by atoms with van der Waals surface area (Å²) in [4.78, 5) is 4.39. The van der Waals surface area contributed by atoms with E-state index in [2.05, 4.69) is 10.3 Å². The van der Waals surface area contributed by atoms with Crippen LogP contribution in [0.1, 0.15) is 39.5 Å². The van der Waals surface area contributed by atoms with Crippen LogP contribution in [-0.4, -0.2) is 17.6 Å². The molecule has 18 heavy (non-hydrogen) atoms. The van der Waals surface area contributed by atoms with E-state index in [4.69, 9.17) is 10.5 Å². The third-order valence-corrected chi connectivity index (χ3v) is 3.32. The first kappa shape index (κ1) is 13.0. The lowest BCUT2D eigenvalue weighted by atomic mass is 9.83. The molecule has 4 nitrogen and oxygen atoms in total. The Bertz CT molecular complexity index is 389. The van der Waals surface area contributed by atoms with E-state index in [0.717, 1.165) is 18.3 Å². The van der Waals surface area contributed by atoms with E-state index < -0.39 is 0 Å². The van der Waals surface area contributed by atoms with E-state index in [1.54, 1.807) is 0 Å². The van der Waals surface area contributed by atoms with E-state index in [1.165, 1.54) is 25.7 Å². The van der Waals surface area contributed by atoms with Gasteiger partial charge in [-0.3, -0.25) is 0 Å². The Kier molecular flexibility index (Phi) is 4.28. The lowest BCUT2D eigenvalue weighted by Crippen LogP contribution is -2.16. The van der Waals surface area contributed by atoms with Gasteiger partial charge in [-0.25, -0.2) is 0 Å². The number of pyridine rings is 1. The Labute approximate surface area is 109 Å². The summed E-state index contributed by atoms with van der Waals surface area (Å²) in [7, 11) is 0. The molecule has 1 aromatic rings. The molecule has 0 radical (unpaired) electrons. The normalized spacial score (nSPS) is 15.5. The van der Waals surface area contributed by atoms with Crippen LogP contribution in [0, 0.1) is 5.92 Å². The van der Waals surface area contributed by atoms with Gasteiger partial charge in [0, 0.05) is 6.54 Å². The zero-order valence-corrected chi connectivity index (χ0v) is 11.3. The average molecular weight is 249 g/mol. The molecule has 1 saturated carbocycles. The van der Waals surface area contributed by atoms with E-state index in [1.807, 2.05) is 26.0 Å². The Balaban J connectivity index is 1.87. The molecule has 0 amide bonds. The van der Waals surface area contributed by atoms with Gasteiger partial charge in [0.1, 0.15) is 5.82 Å². The van der Waals surface area contributed by atoms with Gasteiger partial charge in [-0.05, 0) is 38.3 Å². The summed E-state index contributed by atoms with van der Waals surface area (Å²) < 4.78 is 5.57. The highest BCUT2D eigenvalue weighted by molar-refractivity contribution is 5.53. The monoisotopic (exact) mass is 249 g/mol. The number of nitrogen functional groups attached to an aromatic ring is 1. The molecule has 1 aliphatic carbocycles. The SMILES string of the molecule is CC(C)Oc1nc(NCCC2CCC2)ccc1N. The topological polar surface area (TPSA) is 60.2 Å². The summed E-state index contributed by atoms with van der Waals surface area (Å²) in [5.41, 5.74) is 6.42. The molecule has 1 aromatic heterocycles. The minimum Gasteiger partial charge on any atom is -0.473 e. The van der Waals surface area contributed by atoms with Gasteiger partial charge >= 0.3 is 0 Å². The fraction of sp³-hybridized carbons (Fsp3) is 0.643. The molecule has 1 fully saturated rings. The quantitative estimate of drug-likeness (QED) is 0.813. The molecule has 4 heteroatoms. The standard InChI is InChI=1S/C14H23N3O/c1-10(2)18-14-12(15)6-7-13(17-14)16-9-8-11-4-3-5-11/h6-7,10-11H,3-5,8-9,15H2,1-2H3,(H,16,17). The van der Waals surface area contributed by atoms with Crippen molar-refractivity contribution in [1.29, 1.82) is 0 Å². The fourth-order valence-electron chi connectivity index (χ4n) is 2.05. The van der Waals surface area contributed by atoms with Gasteiger partial charge in [0.05, 0.1) is 11.8 Å². The summed E-state index contributed by atoms with van der Waals surface area (Å²) in [5, 5.41) is 3.34. The first-order valence-electron chi connectivity index (χ1n) is 6.82. The summed E-state index contributed by atoms with van der Waals surface area (Å²) in [6, 6.07) is 3.75. The lowest BCUT2D eigenvalue weighted by molar-refractivity contribution is 0.234. The molecule has 3 N–H and O–H groups in total. The average Bonchev–Trinajstić information content (AvgIpc) is 2.25. The third kappa shape index (κ3) is 3.52. The second-order valence-electron chi connectivity index (χ2n) is 5.27. The first-order valence-corrected chi connectivity index (χ1v) is 6.82. The highest BCUT2D eigenvalue weighted by atomic mass is 16.5. The Morgan fingerprint density at radius 2 is 2.22 bits per heavy atom. The minimum absolute atomic E-state index is 0.0880.